The Labute approximate surface area is 98.1 Å². The van der Waals surface area contributed by atoms with E-state index in [1.54, 1.807) is 0 Å². The Hall–Kier alpha value is -1.51. The highest BCUT2D eigenvalue weighted by Crippen LogP contribution is 1.94. The monoisotopic (exact) mass is 241 g/mol. The molecule has 1 aromatic rings. The van der Waals surface area contributed by atoms with E-state index < -0.39 is 5.97 Å². The Kier molecular flexibility index (Phi) is 4.02. The number of hydrogen-bond acceptors (Lipinski definition) is 6. The molecule has 0 saturated carbocycles. The van der Waals surface area contributed by atoms with Crippen molar-refractivity contribution < 1.29 is 14.6 Å². The minimum absolute atomic E-state index is 0.0311. The van der Waals surface area contributed by atoms with E-state index in [9.17, 15) is 4.79 Å². The molecule has 1 aromatic heterocycles. The SMILES string of the molecule is O=C(O)c1cn(CCNN2CCOCC2)nn1. The largest absolute Gasteiger partial charge is 0.476 e. The van der Waals surface area contributed by atoms with Crippen molar-refractivity contribution in [3.8, 4) is 0 Å². The average Bonchev–Trinajstić information content (AvgIpc) is 2.79. The lowest BCUT2D eigenvalue weighted by Gasteiger charge is -2.27. The molecule has 0 amide bonds. The smallest absolute Gasteiger partial charge is 0.358 e. The topological polar surface area (TPSA) is 92.5 Å². The molecule has 1 saturated heterocycles. The molecular formula is C9H15N5O3. The van der Waals surface area contributed by atoms with Crippen LogP contribution in [-0.4, -0.2) is 63.9 Å². The number of ether oxygens (including phenoxy) is 1. The summed E-state index contributed by atoms with van der Waals surface area (Å²) in [4.78, 5) is 10.6. The van der Waals surface area contributed by atoms with Crippen molar-refractivity contribution in [2.24, 2.45) is 0 Å². The van der Waals surface area contributed by atoms with Crippen molar-refractivity contribution in [1.29, 1.82) is 0 Å². The van der Waals surface area contributed by atoms with Gasteiger partial charge in [0.15, 0.2) is 5.69 Å². The van der Waals surface area contributed by atoms with Crippen LogP contribution in [0, 0.1) is 0 Å². The second-order valence-electron chi connectivity index (χ2n) is 3.68. The van der Waals surface area contributed by atoms with Gasteiger partial charge in [-0.2, -0.15) is 0 Å². The number of morpholine rings is 1. The molecule has 17 heavy (non-hydrogen) atoms. The van der Waals surface area contributed by atoms with Gasteiger partial charge in [-0.25, -0.2) is 9.80 Å². The molecule has 0 unspecified atom stereocenters. The standard InChI is InChI=1S/C9H15N5O3/c15-9(16)8-7-14(12-11-8)2-1-10-13-3-5-17-6-4-13/h7,10H,1-6H2,(H,15,16). The fraction of sp³-hybridized carbons (Fsp3) is 0.667. The zero-order valence-electron chi connectivity index (χ0n) is 9.37. The van der Waals surface area contributed by atoms with E-state index in [1.807, 2.05) is 0 Å². The maximum Gasteiger partial charge on any atom is 0.358 e. The van der Waals surface area contributed by atoms with Gasteiger partial charge in [-0.15, -0.1) is 5.10 Å². The minimum atomic E-state index is -1.06. The van der Waals surface area contributed by atoms with Crippen LogP contribution in [-0.2, 0) is 11.3 Å². The van der Waals surface area contributed by atoms with Gasteiger partial charge in [-0.1, -0.05) is 5.21 Å². The quantitative estimate of drug-likeness (QED) is 0.669. The third kappa shape index (κ3) is 3.48. The van der Waals surface area contributed by atoms with E-state index >= 15 is 0 Å². The second-order valence-corrected chi connectivity index (χ2v) is 3.68. The van der Waals surface area contributed by atoms with Crippen LogP contribution in [0.4, 0.5) is 0 Å². The molecule has 0 spiro atoms. The third-order valence-corrected chi connectivity index (χ3v) is 2.45. The highest BCUT2D eigenvalue weighted by molar-refractivity contribution is 5.84. The lowest BCUT2D eigenvalue weighted by Crippen LogP contribution is -2.46. The molecule has 8 nitrogen and oxygen atoms in total. The molecule has 1 fully saturated rings. The van der Waals surface area contributed by atoms with E-state index in [-0.39, 0.29) is 5.69 Å². The van der Waals surface area contributed by atoms with Crippen LogP contribution in [0.1, 0.15) is 10.5 Å². The number of nitrogens with zero attached hydrogens (tertiary/aromatic N) is 4. The number of rotatable bonds is 5. The van der Waals surface area contributed by atoms with Crippen LogP contribution in [0.5, 0.6) is 0 Å². The summed E-state index contributed by atoms with van der Waals surface area (Å²) in [5.41, 5.74) is 3.19. The number of nitrogens with one attached hydrogen (secondary N) is 1. The summed E-state index contributed by atoms with van der Waals surface area (Å²) in [5, 5.41) is 18.0. The summed E-state index contributed by atoms with van der Waals surface area (Å²) in [5.74, 6) is -1.06. The van der Waals surface area contributed by atoms with Gasteiger partial charge in [0, 0.05) is 19.6 Å². The number of hydrazine groups is 1. The van der Waals surface area contributed by atoms with Crippen molar-refractivity contribution in [3.63, 3.8) is 0 Å². The van der Waals surface area contributed by atoms with Crippen LogP contribution in [0.25, 0.3) is 0 Å². The Bertz CT molecular complexity index is 374. The van der Waals surface area contributed by atoms with E-state index in [4.69, 9.17) is 9.84 Å². The lowest BCUT2D eigenvalue weighted by molar-refractivity contribution is 0.0114. The summed E-state index contributed by atoms with van der Waals surface area (Å²) >= 11 is 0. The van der Waals surface area contributed by atoms with Gasteiger partial charge < -0.3 is 9.84 Å². The molecule has 1 aliphatic rings. The molecule has 2 heterocycles. The van der Waals surface area contributed by atoms with E-state index in [0.29, 0.717) is 13.1 Å². The highest BCUT2D eigenvalue weighted by Gasteiger charge is 2.10. The minimum Gasteiger partial charge on any atom is -0.476 e. The molecule has 0 aliphatic carbocycles. The van der Waals surface area contributed by atoms with E-state index in [2.05, 4.69) is 20.7 Å². The van der Waals surface area contributed by atoms with Gasteiger partial charge in [0.25, 0.3) is 0 Å². The summed E-state index contributed by atoms with van der Waals surface area (Å²) in [6, 6.07) is 0. The first-order valence-electron chi connectivity index (χ1n) is 5.45. The molecule has 2 rings (SSSR count). The summed E-state index contributed by atoms with van der Waals surface area (Å²) < 4.78 is 6.73. The molecule has 0 atom stereocenters. The van der Waals surface area contributed by atoms with Gasteiger partial charge in [0.05, 0.1) is 26.0 Å². The number of aromatic carboxylic acids is 1. The Morgan fingerprint density at radius 1 is 1.53 bits per heavy atom. The maximum atomic E-state index is 10.6. The van der Waals surface area contributed by atoms with E-state index in [0.717, 1.165) is 26.3 Å². The van der Waals surface area contributed by atoms with Gasteiger partial charge in [-0.3, -0.25) is 10.1 Å². The van der Waals surface area contributed by atoms with Crippen LogP contribution in [0.15, 0.2) is 6.20 Å². The van der Waals surface area contributed by atoms with Gasteiger partial charge in [-0.05, 0) is 0 Å². The van der Waals surface area contributed by atoms with Crippen LogP contribution in [0.2, 0.25) is 0 Å². The van der Waals surface area contributed by atoms with Crippen LogP contribution in [0.3, 0.4) is 0 Å². The van der Waals surface area contributed by atoms with Gasteiger partial charge >= 0.3 is 5.97 Å². The predicted octanol–water partition coefficient (Wildman–Crippen LogP) is -1.19. The van der Waals surface area contributed by atoms with Crippen molar-refractivity contribution in [2.75, 3.05) is 32.8 Å². The first kappa shape index (κ1) is 12.0. The van der Waals surface area contributed by atoms with Crippen LogP contribution >= 0.6 is 0 Å². The summed E-state index contributed by atoms with van der Waals surface area (Å²) in [6.07, 6.45) is 1.42. The van der Waals surface area contributed by atoms with Crippen molar-refractivity contribution in [1.82, 2.24) is 25.4 Å². The first-order chi connectivity index (χ1) is 8.25. The molecule has 0 radical (unpaired) electrons. The molecule has 1 aliphatic heterocycles. The first-order valence-corrected chi connectivity index (χ1v) is 5.45. The Morgan fingerprint density at radius 2 is 2.29 bits per heavy atom. The number of aromatic nitrogens is 3. The summed E-state index contributed by atoms with van der Waals surface area (Å²) in [7, 11) is 0. The van der Waals surface area contributed by atoms with Crippen molar-refractivity contribution in [3.05, 3.63) is 11.9 Å². The zero-order valence-corrected chi connectivity index (χ0v) is 9.37. The Morgan fingerprint density at radius 3 is 2.94 bits per heavy atom. The second kappa shape index (κ2) is 5.71. The Balaban J connectivity index is 1.71. The molecule has 8 heteroatoms. The normalized spacial score (nSPS) is 17.2. The number of carbonyl (C=O) groups is 1. The maximum absolute atomic E-state index is 10.6. The summed E-state index contributed by atoms with van der Waals surface area (Å²) in [6.45, 7) is 4.45. The predicted molar refractivity (Wildman–Crippen MR) is 57.4 cm³/mol. The average molecular weight is 241 g/mol. The molecule has 0 aromatic carbocycles. The number of carboxylic acids is 1. The van der Waals surface area contributed by atoms with E-state index in [1.165, 1.54) is 10.9 Å². The van der Waals surface area contributed by atoms with Crippen LogP contribution < -0.4 is 5.43 Å². The van der Waals surface area contributed by atoms with Crippen molar-refractivity contribution in [2.45, 2.75) is 6.54 Å². The van der Waals surface area contributed by atoms with Gasteiger partial charge in [0.2, 0.25) is 0 Å². The lowest BCUT2D eigenvalue weighted by atomic mass is 10.5. The molecule has 94 valence electrons. The fourth-order valence-corrected chi connectivity index (χ4v) is 1.55. The molecule has 2 N–H and O–H groups in total. The molecular weight excluding hydrogens is 226 g/mol. The third-order valence-electron chi connectivity index (χ3n) is 2.45. The zero-order chi connectivity index (χ0) is 12.1. The van der Waals surface area contributed by atoms with Gasteiger partial charge in [0.1, 0.15) is 0 Å². The number of carboxylic acid groups (broad SMARTS) is 1. The fourth-order valence-electron chi connectivity index (χ4n) is 1.55. The van der Waals surface area contributed by atoms with Crippen molar-refractivity contribution >= 4 is 5.97 Å². The number of hydrogen-bond donors (Lipinski definition) is 2. The molecule has 0 bridgehead atoms. The highest BCUT2D eigenvalue weighted by atomic mass is 16.5.